The fourth-order valence-corrected chi connectivity index (χ4v) is 2.09. The molecule has 1 saturated heterocycles. The standard InChI is InChI=1S/C11H18N2O2/c1-8-10(7-12-13(8)2)11(14)9-3-5-15-6-4-9/h7,9,11,14H,3-6H2,1-2H3. The molecule has 0 aliphatic carbocycles. The Bertz CT molecular complexity index is 329. The molecule has 2 rings (SSSR count). The fourth-order valence-electron chi connectivity index (χ4n) is 2.09. The van der Waals surface area contributed by atoms with E-state index in [0.29, 0.717) is 5.92 Å². The zero-order valence-electron chi connectivity index (χ0n) is 9.31. The summed E-state index contributed by atoms with van der Waals surface area (Å²) in [5.74, 6) is 0.321. The van der Waals surface area contributed by atoms with E-state index in [2.05, 4.69) is 5.10 Å². The summed E-state index contributed by atoms with van der Waals surface area (Å²) in [5, 5.41) is 14.4. The summed E-state index contributed by atoms with van der Waals surface area (Å²) in [5.41, 5.74) is 2.01. The molecule has 0 spiro atoms. The highest BCUT2D eigenvalue weighted by Gasteiger charge is 2.25. The molecule has 1 aliphatic heterocycles. The molecule has 2 heterocycles. The van der Waals surface area contributed by atoms with Crippen LogP contribution in [-0.2, 0) is 11.8 Å². The number of hydrogen-bond donors (Lipinski definition) is 1. The molecule has 1 aromatic rings. The smallest absolute Gasteiger partial charge is 0.0853 e. The van der Waals surface area contributed by atoms with Crippen molar-refractivity contribution in [2.45, 2.75) is 25.9 Å². The van der Waals surface area contributed by atoms with E-state index in [4.69, 9.17) is 4.74 Å². The Morgan fingerprint density at radius 3 is 2.73 bits per heavy atom. The summed E-state index contributed by atoms with van der Waals surface area (Å²) in [4.78, 5) is 0. The van der Waals surface area contributed by atoms with Gasteiger partial charge in [0.05, 0.1) is 12.3 Å². The number of ether oxygens (including phenoxy) is 1. The molecule has 84 valence electrons. The van der Waals surface area contributed by atoms with Crippen molar-refractivity contribution in [2.24, 2.45) is 13.0 Å². The number of aromatic nitrogens is 2. The molecule has 0 amide bonds. The highest BCUT2D eigenvalue weighted by Crippen LogP contribution is 2.31. The predicted molar refractivity (Wildman–Crippen MR) is 56.4 cm³/mol. The molecule has 4 nitrogen and oxygen atoms in total. The zero-order valence-corrected chi connectivity index (χ0v) is 9.31. The zero-order chi connectivity index (χ0) is 10.8. The lowest BCUT2D eigenvalue weighted by atomic mass is 9.90. The number of rotatable bonds is 2. The molecular weight excluding hydrogens is 192 g/mol. The highest BCUT2D eigenvalue weighted by atomic mass is 16.5. The molecule has 0 saturated carbocycles. The minimum absolute atomic E-state index is 0.321. The van der Waals surface area contributed by atoms with Crippen LogP contribution in [0.3, 0.4) is 0 Å². The van der Waals surface area contributed by atoms with Crippen LogP contribution in [0.4, 0.5) is 0 Å². The summed E-state index contributed by atoms with van der Waals surface area (Å²) in [6.07, 6.45) is 3.27. The molecule has 1 fully saturated rings. The number of hydrogen-bond acceptors (Lipinski definition) is 3. The van der Waals surface area contributed by atoms with Gasteiger partial charge in [0.15, 0.2) is 0 Å². The van der Waals surface area contributed by atoms with Gasteiger partial charge in [0.1, 0.15) is 0 Å². The van der Waals surface area contributed by atoms with Crippen molar-refractivity contribution in [2.75, 3.05) is 13.2 Å². The second-order valence-corrected chi connectivity index (χ2v) is 4.20. The van der Waals surface area contributed by atoms with Gasteiger partial charge in [-0.15, -0.1) is 0 Å². The molecule has 0 bridgehead atoms. The molecule has 1 atom stereocenters. The van der Waals surface area contributed by atoms with E-state index >= 15 is 0 Å². The summed E-state index contributed by atoms with van der Waals surface area (Å²) in [6, 6.07) is 0. The van der Waals surface area contributed by atoms with Gasteiger partial charge in [-0.05, 0) is 25.7 Å². The van der Waals surface area contributed by atoms with Gasteiger partial charge in [-0.3, -0.25) is 4.68 Å². The van der Waals surface area contributed by atoms with Crippen molar-refractivity contribution in [1.82, 2.24) is 9.78 Å². The molecule has 0 radical (unpaired) electrons. The van der Waals surface area contributed by atoms with Crippen molar-refractivity contribution < 1.29 is 9.84 Å². The lowest BCUT2D eigenvalue weighted by Gasteiger charge is -2.26. The van der Waals surface area contributed by atoms with Crippen LogP contribution >= 0.6 is 0 Å². The maximum atomic E-state index is 10.2. The van der Waals surface area contributed by atoms with Crippen LogP contribution in [0.1, 0.15) is 30.2 Å². The molecule has 1 aliphatic rings. The third-order valence-electron chi connectivity index (χ3n) is 3.30. The van der Waals surface area contributed by atoms with E-state index in [1.165, 1.54) is 0 Å². The van der Waals surface area contributed by atoms with E-state index in [9.17, 15) is 5.11 Å². The van der Waals surface area contributed by atoms with Crippen molar-refractivity contribution >= 4 is 0 Å². The predicted octanol–water partition coefficient (Wildman–Crippen LogP) is 1.19. The molecule has 1 unspecified atom stereocenters. The molecular formula is C11H18N2O2. The Hall–Kier alpha value is -0.870. The largest absolute Gasteiger partial charge is 0.388 e. The van der Waals surface area contributed by atoms with Gasteiger partial charge in [0.2, 0.25) is 0 Å². The summed E-state index contributed by atoms with van der Waals surface area (Å²) in [6.45, 7) is 3.52. The number of aliphatic hydroxyl groups is 1. The monoisotopic (exact) mass is 210 g/mol. The Balaban J connectivity index is 2.12. The average Bonchev–Trinajstić information content (AvgIpc) is 2.60. The second kappa shape index (κ2) is 4.33. The third kappa shape index (κ3) is 2.06. The van der Waals surface area contributed by atoms with E-state index < -0.39 is 0 Å². The first-order valence-corrected chi connectivity index (χ1v) is 5.44. The molecule has 4 heteroatoms. The van der Waals surface area contributed by atoms with Crippen LogP contribution in [0.15, 0.2) is 6.20 Å². The lowest BCUT2D eigenvalue weighted by molar-refractivity contribution is 0.00692. The molecule has 1 N–H and O–H groups in total. The maximum Gasteiger partial charge on any atom is 0.0853 e. The highest BCUT2D eigenvalue weighted by molar-refractivity contribution is 5.19. The minimum Gasteiger partial charge on any atom is -0.388 e. The maximum absolute atomic E-state index is 10.2. The molecule has 15 heavy (non-hydrogen) atoms. The Morgan fingerprint density at radius 1 is 1.53 bits per heavy atom. The van der Waals surface area contributed by atoms with Crippen molar-refractivity contribution in [3.8, 4) is 0 Å². The SMILES string of the molecule is Cc1c(C(O)C2CCOCC2)cnn1C. The van der Waals surface area contributed by atoms with Crippen LogP contribution in [0.5, 0.6) is 0 Å². The van der Waals surface area contributed by atoms with Gasteiger partial charge in [-0.2, -0.15) is 5.10 Å². The minimum atomic E-state index is -0.386. The van der Waals surface area contributed by atoms with Gasteiger partial charge in [0, 0.05) is 31.5 Å². The number of nitrogens with zero attached hydrogens (tertiary/aromatic N) is 2. The van der Waals surface area contributed by atoms with Crippen molar-refractivity contribution in [1.29, 1.82) is 0 Å². The normalized spacial score (nSPS) is 20.5. The van der Waals surface area contributed by atoms with E-state index in [-0.39, 0.29) is 6.10 Å². The first kappa shape index (κ1) is 10.6. The molecule has 0 aromatic carbocycles. The average molecular weight is 210 g/mol. The molecule has 1 aromatic heterocycles. The van der Waals surface area contributed by atoms with Crippen LogP contribution < -0.4 is 0 Å². The number of aliphatic hydroxyl groups excluding tert-OH is 1. The van der Waals surface area contributed by atoms with Crippen LogP contribution in [-0.4, -0.2) is 28.1 Å². The van der Waals surface area contributed by atoms with E-state index in [1.807, 2.05) is 14.0 Å². The summed E-state index contributed by atoms with van der Waals surface area (Å²) < 4.78 is 7.09. The lowest BCUT2D eigenvalue weighted by Crippen LogP contribution is -2.22. The Morgan fingerprint density at radius 2 is 2.20 bits per heavy atom. The van der Waals surface area contributed by atoms with Crippen LogP contribution in [0.25, 0.3) is 0 Å². The van der Waals surface area contributed by atoms with Crippen LogP contribution in [0, 0.1) is 12.8 Å². The van der Waals surface area contributed by atoms with Gasteiger partial charge in [-0.1, -0.05) is 0 Å². The topological polar surface area (TPSA) is 47.3 Å². The number of aryl methyl sites for hydroxylation is 1. The van der Waals surface area contributed by atoms with E-state index in [1.54, 1.807) is 10.9 Å². The Labute approximate surface area is 89.9 Å². The second-order valence-electron chi connectivity index (χ2n) is 4.20. The first-order chi connectivity index (χ1) is 7.20. The van der Waals surface area contributed by atoms with Crippen molar-refractivity contribution in [3.63, 3.8) is 0 Å². The van der Waals surface area contributed by atoms with E-state index in [0.717, 1.165) is 37.3 Å². The first-order valence-electron chi connectivity index (χ1n) is 5.44. The van der Waals surface area contributed by atoms with Gasteiger partial charge in [-0.25, -0.2) is 0 Å². The Kier molecular flexibility index (Phi) is 3.07. The summed E-state index contributed by atoms with van der Waals surface area (Å²) in [7, 11) is 1.90. The quantitative estimate of drug-likeness (QED) is 0.797. The van der Waals surface area contributed by atoms with Crippen LogP contribution in [0.2, 0.25) is 0 Å². The van der Waals surface area contributed by atoms with Crippen molar-refractivity contribution in [3.05, 3.63) is 17.5 Å². The fraction of sp³-hybridized carbons (Fsp3) is 0.727. The van der Waals surface area contributed by atoms with Gasteiger partial charge >= 0.3 is 0 Å². The van der Waals surface area contributed by atoms with Gasteiger partial charge < -0.3 is 9.84 Å². The van der Waals surface area contributed by atoms with Gasteiger partial charge in [0.25, 0.3) is 0 Å². The summed E-state index contributed by atoms with van der Waals surface area (Å²) >= 11 is 0. The third-order valence-corrected chi connectivity index (χ3v) is 3.30.